The van der Waals surface area contributed by atoms with Crippen molar-refractivity contribution in [3.8, 4) is 0 Å². The zero-order chi connectivity index (χ0) is 18.1. The highest BCUT2D eigenvalue weighted by Gasteiger charge is 2.13. The number of halogens is 2. The van der Waals surface area contributed by atoms with Crippen LogP contribution in [0.4, 0.5) is 0 Å². The Morgan fingerprint density at radius 3 is 2.52 bits per heavy atom. The molecule has 0 saturated carbocycles. The fourth-order valence-electron chi connectivity index (χ4n) is 2.51. The summed E-state index contributed by atoms with van der Waals surface area (Å²) in [6, 6.07) is 5.46. The molecule has 0 aliphatic heterocycles. The van der Waals surface area contributed by atoms with E-state index in [0.29, 0.717) is 27.2 Å². The summed E-state index contributed by atoms with van der Waals surface area (Å²) in [6.45, 7) is 6.23. The van der Waals surface area contributed by atoms with Gasteiger partial charge < -0.3 is 0 Å². The predicted molar refractivity (Wildman–Crippen MR) is 102 cm³/mol. The van der Waals surface area contributed by atoms with Crippen molar-refractivity contribution in [2.24, 2.45) is 5.10 Å². The minimum Gasteiger partial charge on any atom is -0.264 e. The molecule has 0 bridgehead atoms. The van der Waals surface area contributed by atoms with E-state index < -0.39 is 0 Å². The Morgan fingerprint density at radius 2 is 1.92 bits per heavy atom. The van der Waals surface area contributed by atoms with Gasteiger partial charge in [0.2, 0.25) is 4.77 Å². The fourth-order valence-corrected chi connectivity index (χ4v) is 3.25. The first kappa shape index (κ1) is 17.8. The van der Waals surface area contributed by atoms with E-state index in [-0.39, 0.29) is 0 Å². The number of nitrogens with zero attached hydrogens (tertiary/aromatic N) is 5. The van der Waals surface area contributed by atoms with E-state index in [1.54, 1.807) is 10.9 Å². The third-order valence-electron chi connectivity index (χ3n) is 3.92. The Balaban J connectivity index is 1.95. The number of nitrogens with one attached hydrogen (secondary N) is 1. The summed E-state index contributed by atoms with van der Waals surface area (Å²) >= 11 is 17.7. The van der Waals surface area contributed by atoms with E-state index in [1.165, 1.54) is 0 Å². The quantitative estimate of drug-likeness (QED) is 0.529. The van der Waals surface area contributed by atoms with Crippen LogP contribution in [0.25, 0.3) is 0 Å². The number of hydrogen-bond donors (Lipinski definition) is 1. The maximum Gasteiger partial charge on any atom is 0.216 e. The molecular weight excluding hydrogens is 379 g/mol. The van der Waals surface area contributed by atoms with Crippen molar-refractivity contribution in [1.29, 1.82) is 0 Å². The molecule has 0 radical (unpaired) electrons. The molecule has 0 aliphatic carbocycles. The zero-order valence-electron chi connectivity index (χ0n) is 13.9. The molecule has 25 heavy (non-hydrogen) atoms. The Bertz CT molecular complexity index is 994. The van der Waals surface area contributed by atoms with Crippen molar-refractivity contribution in [1.82, 2.24) is 24.7 Å². The van der Waals surface area contributed by atoms with Crippen LogP contribution < -0.4 is 0 Å². The molecule has 0 spiro atoms. The second-order valence-electron chi connectivity index (χ2n) is 5.57. The lowest BCUT2D eigenvalue weighted by molar-refractivity contribution is 0.659. The smallest absolute Gasteiger partial charge is 0.216 e. The molecule has 0 saturated heterocycles. The Labute approximate surface area is 160 Å². The van der Waals surface area contributed by atoms with Crippen LogP contribution in [0.3, 0.4) is 0 Å². The molecule has 3 aromatic rings. The molecule has 6 nitrogen and oxygen atoms in total. The number of H-pyrrole nitrogens is 1. The summed E-state index contributed by atoms with van der Waals surface area (Å²) in [4.78, 5) is 0. The third kappa shape index (κ3) is 3.53. The van der Waals surface area contributed by atoms with Crippen LogP contribution in [-0.2, 0) is 6.54 Å². The summed E-state index contributed by atoms with van der Waals surface area (Å²) in [6.07, 6.45) is 1.74. The van der Waals surface area contributed by atoms with Crippen LogP contribution in [0.2, 0.25) is 10.0 Å². The maximum atomic E-state index is 6.26. The molecule has 0 aliphatic rings. The molecule has 0 amide bonds. The number of hydrogen-bond acceptors (Lipinski definition) is 4. The highest BCUT2D eigenvalue weighted by molar-refractivity contribution is 7.71. The van der Waals surface area contributed by atoms with Crippen molar-refractivity contribution < 1.29 is 0 Å². The standard InChI is InChI=1S/C16H16Cl2N6S/c1-9-12(7-19-24-11(3)20-21-16(24)25)10(2)23(22-9)8-13-14(17)5-4-6-15(13)18/h4-7H,8H2,1-3H3,(H,21,25)/b19-7-. The number of aromatic amines is 1. The van der Waals surface area contributed by atoms with E-state index in [9.17, 15) is 0 Å². The lowest BCUT2D eigenvalue weighted by atomic mass is 10.2. The van der Waals surface area contributed by atoms with Gasteiger partial charge in [-0.15, -0.1) is 0 Å². The first-order valence-electron chi connectivity index (χ1n) is 7.53. The van der Waals surface area contributed by atoms with Gasteiger partial charge in [0.1, 0.15) is 5.82 Å². The molecule has 1 N–H and O–H groups in total. The lowest BCUT2D eigenvalue weighted by Crippen LogP contribution is -2.05. The van der Waals surface area contributed by atoms with Gasteiger partial charge in [0.25, 0.3) is 0 Å². The van der Waals surface area contributed by atoms with Crippen LogP contribution in [-0.4, -0.2) is 30.9 Å². The summed E-state index contributed by atoms with van der Waals surface area (Å²) in [5.74, 6) is 0.687. The van der Waals surface area contributed by atoms with Gasteiger partial charge in [-0.1, -0.05) is 29.3 Å². The molecule has 1 aromatic carbocycles. The van der Waals surface area contributed by atoms with Gasteiger partial charge in [0.05, 0.1) is 18.5 Å². The van der Waals surface area contributed by atoms with Gasteiger partial charge in [-0.25, -0.2) is 0 Å². The highest BCUT2D eigenvalue weighted by atomic mass is 35.5. The maximum absolute atomic E-state index is 6.26. The number of aryl methyl sites for hydroxylation is 2. The number of rotatable bonds is 4. The molecule has 0 atom stereocenters. The third-order valence-corrected chi connectivity index (χ3v) is 4.89. The molecule has 0 unspecified atom stereocenters. The van der Waals surface area contributed by atoms with E-state index >= 15 is 0 Å². The van der Waals surface area contributed by atoms with Crippen LogP contribution >= 0.6 is 35.4 Å². The van der Waals surface area contributed by atoms with Crippen LogP contribution in [0.1, 0.15) is 28.3 Å². The number of aromatic nitrogens is 5. The molecular formula is C16H16Cl2N6S. The molecule has 130 valence electrons. The van der Waals surface area contributed by atoms with Gasteiger partial charge in [-0.05, 0) is 45.1 Å². The van der Waals surface area contributed by atoms with Gasteiger partial charge in [-0.2, -0.15) is 20.0 Å². The van der Waals surface area contributed by atoms with Gasteiger partial charge in [-0.3, -0.25) is 9.78 Å². The fraction of sp³-hybridized carbons (Fsp3) is 0.250. The summed E-state index contributed by atoms with van der Waals surface area (Å²) in [5.41, 5.74) is 3.58. The SMILES string of the molecule is Cc1nn(Cc2c(Cl)cccc2Cl)c(C)c1/C=N\n1c(C)n[nH]c1=S. The number of benzene rings is 1. The van der Waals surface area contributed by atoms with Gasteiger partial charge in [0, 0.05) is 26.9 Å². The zero-order valence-corrected chi connectivity index (χ0v) is 16.2. The van der Waals surface area contributed by atoms with Crippen LogP contribution in [0, 0.1) is 25.5 Å². The Morgan fingerprint density at radius 1 is 1.24 bits per heavy atom. The van der Waals surface area contributed by atoms with Crippen molar-refractivity contribution in [3.63, 3.8) is 0 Å². The van der Waals surface area contributed by atoms with Crippen molar-refractivity contribution >= 4 is 41.6 Å². The van der Waals surface area contributed by atoms with Crippen molar-refractivity contribution in [2.45, 2.75) is 27.3 Å². The van der Waals surface area contributed by atoms with E-state index in [1.807, 2.05) is 43.7 Å². The molecule has 2 heterocycles. The molecule has 0 fully saturated rings. The van der Waals surface area contributed by atoms with Gasteiger partial charge >= 0.3 is 0 Å². The second kappa shape index (κ2) is 7.11. The van der Waals surface area contributed by atoms with Crippen LogP contribution in [0.5, 0.6) is 0 Å². The molecule has 3 rings (SSSR count). The summed E-state index contributed by atoms with van der Waals surface area (Å²) < 4.78 is 3.88. The summed E-state index contributed by atoms with van der Waals surface area (Å²) in [5, 5.41) is 17.0. The first-order valence-corrected chi connectivity index (χ1v) is 8.70. The normalized spacial score (nSPS) is 11.6. The molecule has 2 aromatic heterocycles. The lowest BCUT2D eigenvalue weighted by Gasteiger charge is -2.08. The average Bonchev–Trinajstić information content (AvgIpc) is 3.02. The monoisotopic (exact) mass is 394 g/mol. The summed E-state index contributed by atoms with van der Waals surface area (Å²) in [7, 11) is 0. The molecule has 9 heteroatoms. The highest BCUT2D eigenvalue weighted by Crippen LogP contribution is 2.26. The average molecular weight is 395 g/mol. The van der Waals surface area contributed by atoms with Gasteiger partial charge in [0.15, 0.2) is 0 Å². The van der Waals surface area contributed by atoms with E-state index in [2.05, 4.69) is 20.4 Å². The van der Waals surface area contributed by atoms with E-state index in [4.69, 9.17) is 35.4 Å². The second-order valence-corrected chi connectivity index (χ2v) is 6.78. The van der Waals surface area contributed by atoms with Crippen molar-refractivity contribution in [2.75, 3.05) is 0 Å². The minimum absolute atomic E-state index is 0.444. The predicted octanol–water partition coefficient (Wildman–Crippen LogP) is 4.30. The topological polar surface area (TPSA) is 63.8 Å². The van der Waals surface area contributed by atoms with E-state index in [0.717, 1.165) is 22.5 Å². The Hall–Kier alpha value is -1.96. The van der Waals surface area contributed by atoms with Crippen molar-refractivity contribution in [3.05, 3.63) is 61.4 Å². The Kier molecular flexibility index (Phi) is 5.08. The van der Waals surface area contributed by atoms with Crippen LogP contribution in [0.15, 0.2) is 23.3 Å². The largest absolute Gasteiger partial charge is 0.264 e. The minimum atomic E-state index is 0.444. The first-order chi connectivity index (χ1) is 11.9.